The van der Waals surface area contributed by atoms with E-state index in [0.717, 1.165) is 5.70 Å². The Kier molecular flexibility index (Phi) is 3.22. The van der Waals surface area contributed by atoms with Crippen molar-refractivity contribution >= 4 is 5.84 Å². The van der Waals surface area contributed by atoms with E-state index in [9.17, 15) is 0 Å². The molecule has 0 heterocycles. The fraction of sp³-hybridized carbons (Fsp3) is 0.286. The predicted molar refractivity (Wildman–Crippen MR) is 39.9 cm³/mol. The highest BCUT2D eigenvalue weighted by Crippen LogP contribution is 1.91. The molecule has 0 bridgehead atoms. The highest BCUT2D eigenvalue weighted by Gasteiger charge is 1.80. The van der Waals surface area contributed by atoms with Gasteiger partial charge in [-0.25, -0.2) is 4.99 Å². The molecule has 2 nitrogen and oxygen atoms in total. The molecule has 0 saturated heterocycles. The van der Waals surface area contributed by atoms with Crippen molar-refractivity contribution in [2.75, 3.05) is 0 Å². The van der Waals surface area contributed by atoms with Crippen LogP contribution in [0.4, 0.5) is 0 Å². The zero-order valence-electron chi connectivity index (χ0n) is 5.68. The largest absolute Gasteiger partial charge is 0.387 e. The van der Waals surface area contributed by atoms with Gasteiger partial charge in [-0.15, -0.1) is 6.42 Å². The van der Waals surface area contributed by atoms with E-state index in [2.05, 4.69) is 10.9 Å². The van der Waals surface area contributed by atoms with Crippen LogP contribution in [0.1, 0.15) is 13.8 Å². The Morgan fingerprint density at radius 2 is 2.22 bits per heavy atom. The predicted octanol–water partition coefficient (Wildman–Crippen LogP) is 0.901. The molecule has 48 valence electrons. The van der Waals surface area contributed by atoms with Crippen LogP contribution in [-0.2, 0) is 0 Å². The molecule has 9 heavy (non-hydrogen) atoms. The van der Waals surface area contributed by atoms with Crippen molar-refractivity contribution in [2.24, 2.45) is 10.7 Å². The summed E-state index contributed by atoms with van der Waals surface area (Å²) in [7, 11) is 0. The van der Waals surface area contributed by atoms with Crippen LogP contribution in [0.15, 0.2) is 16.8 Å². The fourth-order valence-corrected chi connectivity index (χ4v) is 0.431. The number of nitrogens with two attached hydrogens (primary N) is 1. The number of hydrogen-bond donors (Lipinski definition) is 1. The maximum absolute atomic E-state index is 5.26. The molecule has 0 saturated carbocycles. The second-order valence-electron chi connectivity index (χ2n) is 1.71. The lowest BCUT2D eigenvalue weighted by Crippen LogP contribution is -2.04. The summed E-state index contributed by atoms with van der Waals surface area (Å²) in [6.45, 7) is 3.52. The molecule has 0 atom stereocenters. The lowest BCUT2D eigenvalue weighted by atomic mass is 10.4. The van der Waals surface area contributed by atoms with Crippen LogP contribution < -0.4 is 5.73 Å². The van der Waals surface area contributed by atoms with Crippen molar-refractivity contribution in [2.45, 2.75) is 13.8 Å². The average molecular weight is 122 g/mol. The monoisotopic (exact) mass is 122 g/mol. The highest BCUT2D eigenvalue weighted by atomic mass is 14.8. The molecule has 0 fully saturated rings. The first-order chi connectivity index (χ1) is 4.16. The van der Waals surface area contributed by atoms with Crippen LogP contribution in [0.25, 0.3) is 0 Å². The molecule has 0 amide bonds. The molecule has 0 radical (unpaired) electrons. The lowest BCUT2D eigenvalue weighted by molar-refractivity contribution is 1.28. The van der Waals surface area contributed by atoms with E-state index in [0.29, 0.717) is 5.84 Å². The molecule has 0 aromatic heterocycles. The van der Waals surface area contributed by atoms with Gasteiger partial charge in [-0.3, -0.25) is 0 Å². The minimum Gasteiger partial charge on any atom is -0.387 e. The van der Waals surface area contributed by atoms with Gasteiger partial charge in [0, 0.05) is 11.8 Å². The molecule has 0 aliphatic carbocycles. The normalized spacial score (nSPS) is 13.0. The molecule has 2 heteroatoms. The van der Waals surface area contributed by atoms with E-state index in [4.69, 9.17) is 12.2 Å². The Morgan fingerprint density at radius 1 is 1.67 bits per heavy atom. The van der Waals surface area contributed by atoms with Crippen molar-refractivity contribution < 1.29 is 0 Å². The van der Waals surface area contributed by atoms with Crippen molar-refractivity contribution in [3.05, 3.63) is 11.8 Å². The molecule has 0 aromatic rings. The summed E-state index contributed by atoms with van der Waals surface area (Å²) in [4.78, 5) is 3.88. The molecular weight excluding hydrogens is 112 g/mol. The number of allylic oxidation sites excluding steroid dienone is 2. The van der Waals surface area contributed by atoms with E-state index in [1.165, 1.54) is 0 Å². The van der Waals surface area contributed by atoms with Gasteiger partial charge in [0.05, 0.1) is 5.84 Å². The van der Waals surface area contributed by atoms with Crippen LogP contribution in [-0.4, -0.2) is 5.84 Å². The average Bonchev–Trinajstić information content (AvgIpc) is 1.63. The van der Waals surface area contributed by atoms with Crippen LogP contribution in [0.3, 0.4) is 0 Å². The Morgan fingerprint density at radius 3 is 2.56 bits per heavy atom. The van der Waals surface area contributed by atoms with Crippen LogP contribution >= 0.6 is 0 Å². The van der Waals surface area contributed by atoms with Crippen LogP contribution in [0.5, 0.6) is 0 Å². The zero-order chi connectivity index (χ0) is 7.28. The van der Waals surface area contributed by atoms with Crippen molar-refractivity contribution in [3.63, 3.8) is 0 Å². The van der Waals surface area contributed by atoms with E-state index >= 15 is 0 Å². The van der Waals surface area contributed by atoms with Crippen molar-refractivity contribution in [3.8, 4) is 12.3 Å². The highest BCUT2D eigenvalue weighted by molar-refractivity contribution is 5.78. The van der Waals surface area contributed by atoms with Gasteiger partial charge in [-0.2, -0.15) is 0 Å². The fourth-order valence-electron chi connectivity index (χ4n) is 0.431. The number of hydrogen-bond acceptors (Lipinski definition) is 1. The molecule has 0 spiro atoms. The molecule has 2 N–H and O–H groups in total. The number of nitrogens with zero attached hydrogens (tertiary/aromatic N) is 1. The van der Waals surface area contributed by atoms with Gasteiger partial charge in [0.1, 0.15) is 0 Å². The Balaban J connectivity index is 4.11. The summed E-state index contributed by atoms with van der Waals surface area (Å²) in [6.07, 6.45) is 6.53. The lowest BCUT2D eigenvalue weighted by Gasteiger charge is -1.88. The Bertz CT molecular complexity index is 178. The van der Waals surface area contributed by atoms with Crippen molar-refractivity contribution in [1.82, 2.24) is 0 Å². The molecular formula is C7H10N2. The summed E-state index contributed by atoms with van der Waals surface area (Å²) in [5.74, 6) is 2.88. The molecule has 0 aromatic carbocycles. The maximum atomic E-state index is 5.26. The quantitative estimate of drug-likeness (QED) is 0.313. The Labute approximate surface area is 55.5 Å². The third-order valence-electron chi connectivity index (χ3n) is 0.645. The van der Waals surface area contributed by atoms with E-state index < -0.39 is 0 Å². The summed E-state index contributed by atoms with van der Waals surface area (Å²) in [6, 6.07) is 0. The number of aliphatic imine (C=N–C) groups is 1. The van der Waals surface area contributed by atoms with Gasteiger partial charge < -0.3 is 5.73 Å². The van der Waals surface area contributed by atoms with Gasteiger partial charge in [-0.1, -0.05) is 5.92 Å². The maximum Gasteiger partial charge on any atom is 0.0961 e. The number of terminal acetylenes is 1. The first-order valence-corrected chi connectivity index (χ1v) is 2.60. The SMILES string of the molecule is C#C/C=C(/C)N=C(C)N. The summed E-state index contributed by atoms with van der Waals surface area (Å²) >= 11 is 0. The van der Waals surface area contributed by atoms with Crippen LogP contribution in [0.2, 0.25) is 0 Å². The standard InChI is InChI=1S/C7H10N2/c1-4-5-6(2)9-7(3)8/h1,5H,2-3H3,(H2,8,9)/b6-5-. The van der Waals surface area contributed by atoms with Gasteiger partial charge in [-0.05, 0) is 13.8 Å². The topological polar surface area (TPSA) is 38.4 Å². The second-order valence-corrected chi connectivity index (χ2v) is 1.71. The number of rotatable bonds is 1. The van der Waals surface area contributed by atoms with E-state index in [1.807, 2.05) is 0 Å². The zero-order valence-corrected chi connectivity index (χ0v) is 5.68. The minimum absolute atomic E-state index is 0.527. The van der Waals surface area contributed by atoms with Crippen LogP contribution in [0, 0.1) is 12.3 Å². The molecule has 0 aliphatic heterocycles. The molecule has 0 rings (SSSR count). The molecule has 0 unspecified atom stereocenters. The smallest absolute Gasteiger partial charge is 0.0961 e. The first kappa shape index (κ1) is 7.77. The third-order valence-corrected chi connectivity index (χ3v) is 0.645. The summed E-state index contributed by atoms with van der Waals surface area (Å²) in [5, 5.41) is 0. The van der Waals surface area contributed by atoms with Gasteiger partial charge >= 0.3 is 0 Å². The summed E-state index contributed by atoms with van der Waals surface area (Å²) < 4.78 is 0. The Hall–Kier alpha value is -1.23. The van der Waals surface area contributed by atoms with Gasteiger partial charge in [0.2, 0.25) is 0 Å². The summed E-state index contributed by atoms with van der Waals surface area (Å²) in [5.41, 5.74) is 6.03. The minimum atomic E-state index is 0.527. The first-order valence-electron chi connectivity index (χ1n) is 2.60. The van der Waals surface area contributed by atoms with Gasteiger partial charge in [0.25, 0.3) is 0 Å². The second kappa shape index (κ2) is 3.73. The third kappa shape index (κ3) is 4.63. The molecule has 0 aliphatic rings. The van der Waals surface area contributed by atoms with Crippen molar-refractivity contribution in [1.29, 1.82) is 0 Å². The van der Waals surface area contributed by atoms with Gasteiger partial charge in [0.15, 0.2) is 0 Å². The van der Waals surface area contributed by atoms with E-state index in [-0.39, 0.29) is 0 Å². The number of amidine groups is 1. The van der Waals surface area contributed by atoms with E-state index in [1.54, 1.807) is 19.9 Å².